The molecule has 0 aliphatic rings. The average Bonchev–Trinajstić information content (AvgIpc) is 2.96. The summed E-state index contributed by atoms with van der Waals surface area (Å²) in [5, 5.41) is 10.6. The van der Waals surface area contributed by atoms with Crippen molar-refractivity contribution < 1.29 is 14.6 Å². The minimum Gasteiger partial charge on any atom is -0.508 e. The fourth-order valence-corrected chi connectivity index (χ4v) is 2.25. The summed E-state index contributed by atoms with van der Waals surface area (Å²) in [6.07, 6.45) is 1.34. The van der Waals surface area contributed by atoms with Gasteiger partial charge in [0.2, 0.25) is 0 Å². The van der Waals surface area contributed by atoms with E-state index in [-0.39, 0.29) is 5.75 Å². The molecule has 2 aromatic carbocycles. The van der Waals surface area contributed by atoms with E-state index in [1.807, 2.05) is 36.5 Å². The predicted molar refractivity (Wildman–Crippen MR) is 84.6 cm³/mol. The number of H-pyrrole nitrogens is 1. The van der Waals surface area contributed by atoms with Gasteiger partial charge in [0.15, 0.2) is 0 Å². The SMILES string of the molecule is COC(=O)NNc1ccc(-c2c[nH]c3ccc(O)cc23)cc1. The van der Waals surface area contributed by atoms with E-state index in [4.69, 9.17) is 0 Å². The molecule has 0 radical (unpaired) electrons. The molecule has 0 aliphatic carbocycles. The first kappa shape index (κ1) is 13.8. The third-order valence-corrected chi connectivity index (χ3v) is 3.36. The van der Waals surface area contributed by atoms with Gasteiger partial charge in [-0.05, 0) is 35.9 Å². The third-order valence-electron chi connectivity index (χ3n) is 3.36. The Kier molecular flexibility index (Phi) is 3.57. The lowest BCUT2D eigenvalue weighted by molar-refractivity contribution is 0.173. The van der Waals surface area contributed by atoms with Crippen LogP contribution in [0.2, 0.25) is 0 Å². The standard InChI is InChI=1S/C16H15N3O3/c1-22-16(21)19-18-11-4-2-10(3-5-11)14-9-17-15-7-6-12(20)8-13(14)15/h2-9,17-18,20H,1H3,(H,19,21). The molecule has 4 N–H and O–H groups in total. The van der Waals surface area contributed by atoms with E-state index in [0.29, 0.717) is 0 Å². The number of carbonyl (C=O) groups is 1. The van der Waals surface area contributed by atoms with Gasteiger partial charge in [-0.3, -0.25) is 5.43 Å². The fourth-order valence-electron chi connectivity index (χ4n) is 2.25. The molecule has 1 amide bonds. The molecule has 1 heterocycles. The van der Waals surface area contributed by atoms with Crippen LogP contribution >= 0.6 is 0 Å². The van der Waals surface area contributed by atoms with E-state index in [1.165, 1.54) is 7.11 Å². The van der Waals surface area contributed by atoms with Crippen LogP contribution in [0.15, 0.2) is 48.7 Å². The van der Waals surface area contributed by atoms with Crippen molar-refractivity contribution in [3.8, 4) is 16.9 Å². The summed E-state index contributed by atoms with van der Waals surface area (Å²) in [6.45, 7) is 0. The number of phenols is 1. The normalized spacial score (nSPS) is 10.4. The second-order valence-corrected chi connectivity index (χ2v) is 4.75. The number of aromatic nitrogens is 1. The minimum atomic E-state index is -0.559. The highest BCUT2D eigenvalue weighted by Gasteiger charge is 2.07. The van der Waals surface area contributed by atoms with Gasteiger partial charge < -0.3 is 14.8 Å². The van der Waals surface area contributed by atoms with Crippen molar-refractivity contribution >= 4 is 22.7 Å². The molecule has 1 aromatic heterocycles. The Morgan fingerprint density at radius 3 is 2.68 bits per heavy atom. The quantitative estimate of drug-likeness (QED) is 0.559. The molecule has 0 spiro atoms. The first-order valence-corrected chi connectivity index (χ1v) is 6.68. The number of anilines is 1. The lowest BCUT2D eigenvalue weighted by Crippen LogP contribution is -2.28. The summed E-state index contributed by atoms with van der Waals surface area (Å²) < 4.78 is 4.47. The molecule has 0 saturated heterocycles. The number of nitrogens with one attached hydrogen (secondary N) is 3. The Hall–Kier alpha value is -3.15. The van der Waals surface area contributed by atoms with Crippen LogP contribution in [0.5, 0.6) is 5.75 Å². The number of hydrogen-bond acceptors (Lipinski definition) is 4. The van der Waals surface area contributed by atoms with Crippen LogP contribution < -0.4 is 10.9 Å². The number of ether oxygens (including phenoxy) is 1. The van der Waals surface area contributed by atoms with Crippen LogP contribution in [0.3, 0.4) is 0 Å². The second-order valence-electron chi connectivity index (χ2n) is 4.75. The summed E-state index contributed by atoms with van der Waals surface area (Å²) >= 11 is 0. The third kappa shape index (κ3) is 2.67. The maximum absolute atomic E-state index is 11.0. The van der Waals surface area contributed by atoms with E-state index in [2.05, 4.69) is 20.6 Å². The van der Waals surface area contributed by atoms with E-state index in [0.717, 1.165) is 27.7 Å². The van der Waals surface area contributed by atoms with Crippen molar-refractivity contribution in [3.05, 3.63) is 48.7 Å². The molecule has 6 heteroatoms. The van der Waals surface area contributed by atoms with E-state index in [9.17, 15) is 9.90 Å². The Morgan fingerprint density at radius 2 is 1.95 bits per heavy atom. The fraction of sp³-hybridized carbons (Fsp3) is 0.0625. The van der Waals surface area contributed by atoms with Crippen LogP contribution in [0.25, 0.3) is 22.0 Å². The van der Waals surface area contributed by atoms with Crippen LogP contribution in [-0.4, -0.2) is 23.3 Å². The monoisotopic (exact) mass is 297 g/mol. The highest BCUT2D eigenvalue weighted by Crippen LogP contribution is 2.31. The zero-order chi connectivity index (χ0) is 15.5. The maximum Gasteiger partial charge on any atom is 0.425 e. The minimum absolute atomic E-state index is 0.230. The molecular weight excluding hydrogens is 282 g/mol. The summed E-state index contributed by atoms with van der Waals surface area (Å²) in [5.41, 5.74) is 8.82. The molecule has 22 heavy (non-hydrogen) atoms. The van der Waals surface area contributed by atoms with Crippen LogP contribution in [0.4, 0.5) is 10.5 Å². The summed E-state index contributed by atoms with van der Waals surface area (Å²) in [4.78, 5) is 14.2. The summed E-state index contributed by atoms with van der Waals surface area (Å²) in [6, 6.07) is 12.7. The highest BCUT2D eigenvalue weighted by atomic mass is 16.5. The number of fused-ring (bicyclic) bond motifs is 1. The number of hydrogen-bond donors (Lipinski definition) is 4. The van der Waals surface area contributed by atoms with Gasteiger partial charge in [0.05, 0.1) is 12.8 Å². The van der Waals surface area contributed by atoms with E-state index >= 15 is 0 Å². The molecule has 0 fully saturated rings. The molecule has 0 saturated carbocycles. The number of rotatable bonds is 3. The van der Waals surface area contributed by atoms with Gasteiger partial charge in [0.25, 0.3) is 0 Å². The van der Waals surface area contributed by atoms with Gasteiger partial charge in [-0.25, -0.2) is 10.2 Å². The lowest BCUT2D eigenvalue weighted by Gasteiger charge is -2.08. The molecule has 112 valence electrons. The molecule has 6 nitrogen and oxygen atoms in total. The average molecular weight is 297 g/mol. The van der Waals surface area contributed by atoms with Crippen molar-refractivity contribution in [1.29, 1.82) is 0 Å². The lowest BCUT2D eigenvalue weighted by atomic mass is 10.0. The van der Waals surface area contributed by atoms with E-state index in [1.54, 1.807) is 12.1 Å². The molecular formula is C16H15N3O3. The zero-order valence-electron chi connectivity index (χ0n) is 11.9. The molecule has 3 rings (SSSR count). The van der Waals surface area contributed by atoms with Gasteiger partial charge in [0.1, 0.15) is 5.75 Å². The van der Waals surface area contributed by atoms with Gasteiger partial charge >= 0.3 is 6.09 Å². The molecule has 0 aliphatic heterocycles. The molecule has 3 aromatic rings. The van der Waals surface area contributed by atoms with Gasteiger partial charge in [-0.1, -0.05) is 12.1 Å². The Labute approximate surface area is 126 Å². The van der Waals surface area contributed by atoms with Crippen molar-refractivity contribution in [2.24, 2.45) is 0 Å². The first-order valence-electron chi connectivity index (χ1n) is 6.68. The Morgan fingerprint density at radius 1 is 1.18 bits per heavy atom. The highest BCUT2D eigenvalue weighted by molar-refractivity contribution is 5.96. The number of methoxy groups -OCH3 is 1. The zero-order valence-corrected chi connectivity index (χ0v) is 11.9. The van der Waals surface area contributed by atoms with Gasteiger partial charge in [-0.2, -0.15) is 0 Å². The molecule has 0 unspecified atom stereocenters. The van der Waals surface area contributed by atoms with Crippen molar-refractivity contribution in [3.63, 3.8) is 0 Å². The summed E-state index contributed by atoms with van der Waals surface area (Å²) in [7, 11) is 1.30. The smallest absolute Gasteiger partial charge is 0.425 e. The largest absolute Gasteiger partial charge is 0.508 e. The predicted octanol–water partition coefficient (Wildman–Crippen LogP) is 3.22. The number of aromatic amines is 1. The Bertz CT molecular complexity index is 809. The van der Waals surface area contributed by atoms with E-state index < -0.39 is 6.09 Å². The number of aromatic hydroxyl groups is 1. The van der Waals surface area contributed by atoms with Gasteiger partial charge in [0, 0.05) is 22.7 Å². The Balaban J connectivity index is 1.85. The maximum atomic E-state index is 11.0. The van der Waals surface area contributed by atoms with Crippen molar-refractivity contribution in [2.45, 2.75) is 0 Å². The van der Waals surface area contributed by atoms with Crippen molar-refractivity contribution in [1.82, 2.24) is 10.4 Å². The molecule has 0 atom stereocenters. The van der Waals surface area contributed by atoms with Crippen LogP contribution in [-0.2, 0) is 4.74 Å². The van der Waals surface area contributed by atoms with Crippen LogP contribution in [0.1, 0.15) is 0 Å². The first-order chi connectivity index (χ1) is 10.7. The topological polar surface area (TPSA) is 86.4 Å². The summed E-state index contributed by atoms with van der Waals surface area (Å²) in [5.74, 6) is 0.230. The number of amides is 1. The van der Waals surface area contributed by atoms with Crippen molar-refractivity contribution in [2.75, 3.05) is 12.5 Å². The number of carbonyl (C=O) groups excluding carboxylic acids is 1. The number of benzene rings is 2. The molecule has 0 bridgehead atoms. The van der Waals surface area contributed by atoms with Gasteiger partial charge in [-0.15, -0.1) is 0 Å². The number of hydrazine groups is 1. The second kappa shape index (κ2) is 5.69. The number of phenolic OH excluding ortho intramolecular Hbond substituents is 1. The van der Waals surface area contributed by atoms with Crippen LogP contribution in [0, 0.1) is 0 Å².